The van der Waals surface area contributed by atoms with Crippen LogP contribution in [0.5, 0.6) is 0 Å². The first-order chi connectivity index (χ1) is 13.3. The van der Waals surface area contributed by atoms with E-state index in [1.165, 1.54) is 16.4 Å². The van der Waals surface area contributed by atoms with Gasteiger partial charge in [0.15, 0.2) is 0 Å². The Morgan fingerprint density at radius 2 is 1.93 bits per heavy atom. The summed E-state index contributed by atoms with van der Waals surface area (Å²) in [6.07, 6.45) is 2.23. The van der Waals surface area contributed by atoms with Crippen molar-refractivity contribution in [3.05, 3.63) is 58.9 Å². The molecule has 2 aromatic rings. The molecule has 1 atom stereocenters. The topological polar surface area (TPSA) is 66.5 Å². The van der Waals surface area contributed by atoms with Crippen LogP contribution in [0.25, 0.3) is 0 Å². The van der Waals surface area contributed by atoms with Crippen molar-refractivity contribution in [1.82, 2.24) is 4.31 Å². The number of halogens is 2. The summed E-state index contributed by atoms with van der Waals surface area (Å²) in [5.41, 5.74) is 1.37. The minimum absolute atomic E-state index is 0.0342. The standard InChI is InChI=1S/C20H22ClFN2O3S/c1-14-18(21)6-4-7-19(14)23-20(25)13-16-5-2-3-12-24(16)28(26,27)17-10-8-15(22)9-11-17/h4,6-11,16H,2-3,5,12-13H2,1H3,(H,23,25). The molecule has 0 saturated carbocycles. The molecule has 1 aliphatic rings. The summed E-state index contributed by atoms with van der Waals surface area (Å²) in [5, 5.41) is 3.37. The molecule has 0 spiro atoms. The Bertz CT molecular complexity index is 964. The number of nitrogens with zero attached hydrogens (tertiary/aromatic N) is 1. The Morgan fingerprint density at radius 3 is 2.64 bits per heavy atom. The Labute approximate surface area is 169 Å². The van der Waals surface area contributed by atoms with Crippen molar-refractivity contribution in [2.75, 3.05) is 11.9 Å². The van der Waals surface area contributed by atoms with Crippen molar-refractivity contribution in [2.45, 2.75) is 43.5 Å². The third-order valence-electron chi connectivity index (χ3n) is 4.96. The Morgan fingerprint density at radius 1 is 1.21 bits per heavy atom. The van der Waals surface area contributed by atoms with E-state index in [0.717, 1.165) is 30.5 Å². The second-order valence-corrected chi connectivity index (χ2v) is 9.18. The minimum atomic E-state index is -3.80. The van der Waals surface area contributed by atoms with E-state index in [4.69, 9.17) is 11.6 Å². The summed E-state index contributed by atoms with van der Waals surface area (Å²) in [7, 11) is -3.80. The number of hydrogen-bond acceptors (Lipinski definition) is 3. The Kier molecular flexibility index (Phi) is 6.37. The van der Waals surface area contributed by atoms with Crippen LogP contribution in [-0.4, -0.2) is 31.2 Å². The molecule has 3 rings (SSSR count). The molecule has 1 N–H and O–H groups in total. The molecule has 0 bridgehead atoms. The van der Waals surface area contributed by atoms with Gasteiger partial charge < -0.3 is 5.32 Å². The minimum Gasteiger partial charge on any atom is -0.326 e. The molecule has 0 radical (unpaired) electrons. The number of nitrogens with one attached hydrogen (secondary N) is 1. The van der Waals surface area contributed by atoms with Crippen LogP contribution in [-0.2, 0) is 14.8 Å². The highest BCUT2D eigenvalue weighted by atomic mass is 35.5. The van der Waals surface area contributed by atoms with Gasteiger partial charge in [0.05, 0.1) is 4.90 Å². The molecular formula is C20H22ClFN2O3S. The van der Waals surface area contributed by atoms with E-state index in [-0.39, 0.29) is 17.2 Å². The number of carbonyl (C=O) groups excluding carboxylic acids is 1. The van der Waals surface area contributed by atoms with Crippen molar-refractivity contribution in [3.63, 3.8) is 0 Å². The Hall–Kier alpha value is -1.96. The lowest BCUT2D eigenvalue weighted by molar-refractivity contribution is -0.117. The first-order valence-electron chi connectivity index (χ1n) is 9.11. The fourth-order valence-corrected chi connectivity index (χ4v) is 5.26. The molecule has 28 heavy (non-hydrogen) atoms. The van der Waals surface area contributed by atoms with E-state index in [2.05, 4.69) is 5.32 Å². The maximum Gasteiger partial charge on any atom is 0.243 e. The average molecular weight is 425 g/mol. The third-order valence-corrected chi connectivity index (χ3v) is 7.33. The van der Waals surface area contributed by atoms with E-state index in [1.54, 1.807) is 18.2 Å². The van der Waals surface area contributed by atoms with Gasteiger partial charge in [-0.05, 0) is 61.7 Å². The van der Waals surface area contributed by atoms with Gasteiger partial charge in [0.25, 0.3) is 0 Å². The zero-order valence-electron chi connectivity index (χ0n) is 15.5. The van der Waals surface area contributed by atoms with Crippen molar-refractivity contribution in [2.24, 2.45) is 0 Å². The summed E-state index contributed by atoms with van der Waals surface area (Å²) in [4.78, 5) is 12.6. The molecule has 1 aliphatic heterocycles. The maximum atomic E-state index is 13.2. The molecule has 5 nitrogen and oxygen atoms in total. The number of benzene rings is 2. The lowest BCUT2D eigenvalue weighted by Gasteiger charge is -2.34. The Balaban J connectivity index is 1.77. The zero-order valence-corrected chi connectivity index (χ0v) is 17.1. The van der Waals surface area contributed by atoms with Gasteiger partial charge in [-0.3, -0.25) is 4.79 Å². The molecule has 1 fully saturated rings. The van der Waals surface area contributed by atoms with Crippen molar-refractivity contribution < 1.29 is 17.6 Å². The molecular weight excluding hydrogens is 403 g/mol. The molecule has 0 aliphatic carbocycles. The number of rotatable bonds is 5. The van der Waals surface area contributed by atoms with Gasteiger partial charge in [0.1, 0.15) is 5.82 Å². The van der Waals surface area contributed by atoms with Gasteiger partial charge in [0.2, 0.25) is 15.9 Å². The first kappa shape index (κ1) is 20.8. The van der Waals surface area contributed by atoms with Crippen LogP contribution in [0.3, 0.4) is 0 Å². The molecule has 150 valence electrons. The number of sulfonamides is 1. The monoisotopic (exact) mass is 424 g/mol. The highest BCUT2D eigenvalue weighted by molar-refractivity contribution is 7.89. The van der Waals surface area contributed by atoms with Gasteiger partial charge in [-0.2, -0.15) is 4.31 Å². The highest BCUT2D eigenvalue weighted by Gasteiger charge is 2.34. The number of piperidine rings is 1. The summed E-state index contributed by atoms with van der Waals surface area (Å²) >= 11 is 6.09. The first-order valence-corrected chi connectivity index (χ1v) is 10.9. The zero-order chi connectivity index (χ0) is 20.3. The lowest BCUT2D eigenvalue weighted by Crippen LogP contribution is -2.45. The van der Waals surface area contributed by atoms with Crippen LogP contribution in [0.1, 0.15) is 31.2 Å². The van der Waals surface area contributed by atoms with Crippen LogP contribution in [0, 0.1) is 12.7 Å². The largest absolute Gasteiger partial charge is 0.326 e. The molecule has 0 aromatic heterocycles. The molecule has 1 unspecified atom stereocenters. The number of amides is 1. The van der Waals surface area contributed by atoms with Crippen LogP contribution < -0.4 is 5.32 Å². The number of anilines is 1. The van der Waals surface area contributed by atoms with E-state index in [1.807, 2.05) is 6.92 Å². The molecule has 2 aromatic carbocycles. The predicted octanol–water partition coefficient (Wildman–Crippen LogP) is 4.36. The normalized spacial score (nSPS) is 18.0. The van der Waals surface area contributed by atoms with Crippen molar-refractivity contribution in [1.29, 1.82) is 0 Å². The van der Waals surface area contributed by atoms with Crippen molar-refractivity contribution >= 4 is 33.2 Å². The quantitative estimate of drug-likeness (QED) is 0.775. The number of carbonyl (C=O) groups is 1. The molecule has 1 amide bonds. The lowest BCUT2D eigenvalue weighted by atomic mass is 10.0. The smallest absolute Gasteiger partial charge is 0.243 e. The second-order valence-electron chi connectivity index (χ2n) is 6.88. The predicted molar refractivity (Wildman–Crippen MR) is 107 cm³/mol. The molecule has 1 heterocycles. The van der Waals surface area contributed by atoms with E-state index < -0.39 is 21.9 Å². The van der Waals surface area contributed by atoms with Crippen LogP contribution in [0.15, 0.2) is 47.4 Å². The van der Waals surface area contributed by atoms with Crippen molar-refractivity contribution in [3.8, 4) is 0 Å². The fourth-order valence-electron chi connectivity index (χ4n) is 3.39. The average Bonchev–Trinajstić information content (AvgIpc) is 2.66. The second kappa shape index (κ2) is 8.59. The summed E-state index contributed by atoms with van der Waals surface area (Å²) in [5.74, 6) is -0.762. The third kappa shape index (κ3) is 4.54. The maximum absolute atomic E-state index is 13.2. The fraction of sp³-hybridized carbons (Fsp3) is 0.350. The van der Waals surface area contributed by atoms with Gasteiger partial charge in [0, 0.05) is 29.7 Å². The molecule has 8 heteroatoms. The SMILES string of the molecule is Cc1c(Cl)cccc1NC(=O)CC1CCCCN1S(=O)(=O)c1ccc(F)cc1. The van der Waals surface area contributed by atoms with E-state index >= 15 is 0 Å². The number of hydrogen-bond donors (Lipinski definition) is 1. The van der Waals surface area contributed by atoms with Gasteiger partial charge in [-0.1, -0.05) is 24.1 Å². The van der Waals surface area contributed by atoms with Crippen LogP contribution >= 0.6 is 11.6 Å². The highest BCUT2D eigenvalue weighted by Crippen LogP contribution is 2.28. The van der Waals surface area contributed by atoms with E-state index in [0.29, 0.717) is 23.7 Å². The van der Waals surface area contributed by atoms with Crippen LogP contribution in [0.4, 0.5) is 10.1 Å². The van der Waals surface area contributed by atoms with Gasteiger partial charge >= 0.3 is 0 Å². The van der Waals surface area contributed by atoms with Gasteiger partial charge in [-0.15, -0.1) is 0 Å². The van der Waals surface area contributed by atoms with E-state index in [9.17, 15) is 17.6 Å². The summed E-state index contributed by atoms with van der Waals surface area (Å²) < 4.78 is 40.5. The van der Waals surface area contributed by atoms with Crippen LogP contribution in [0.2, 0.25) is 5.02 Å². The summed E-state index contributed by atoms with van der Waals surface area (Å²) in [6, 6.07) is 9.57. The molecule has 1 saturated heterocycles. The summed E-state index contributed by atoms with van der Waals surface area (Å²) in [6.45, 7) is 2.15. The van der Waals surface area contributed by atoms with Gasteiger partial charge in [-0.25, -0.2) is 12.8 Å².